The monoisotopic (exact) mass is 248 g/mol. The van der Waals surface area contributed by atoms with Crippen molar-refractivity contribution in [2.75, 3.05) is 0 Å². The average molecular weight is 249 g/mol. The first-order valence-corrected chi connectivity index (χ1v) is 5.58. The fourth-order valence-electron chi connectivity index (χ4n) is 1.80. The molecule has 3 heteroatoms. The Hall–Kier alpha value is -1.54. The third-order valence-corrected chi connectivity index (χ3v) is 2.65. The molecule has 0 bridgehead atoms. The van der Waals surface area contributed by atoms with Gasteiger partial charge in [-0.1, -0.05) is 36.9 Å². The molecule has 17 heavy (non-hydrogen) atoms. The standard InChI is InChI=1S/C14H16N2.ClH/c1-2-16-12-11-15-14(16)10-6-9-13-7-4-3-5-8-13;/h2-5,7-8,11-12H,1,6,9-10H2;1H. The molecule has 0 aliphatic carbocycles. The summed E-state index contributed by atoms with van der Waals surface area (Å²) in [5.74, 6) is 1.09. The number of hydrogen-bond donors (Lipinski definition) is 0. The molecular formula is C14H17ClN2. The van der Waals surface area contributed by atoms with Crippen LogP contribution in [0.1, 0.15) is 17.8 Å². The van der Waals surface area contributed by atoms with Crippen LogP contribution in [-0.4, -0.2) is 9.55 Å². The van der Waals surface area contributed by atoms with Crippen LogP contribution in [0.4, 0.5) is 0 Å². The molecule has 0 fully saturated rings. The zero-order valence-corrected chi connectivity index (χ0v) is 10.6. The maximum absolute atomic E-state index is 4.31. The maximum atomic E-state index is 4.31. The Labute approximate surface area is 108 Å². The highest BCUT2D eigenvalue weighted by Gasteiger charge is 2.00. The first-order valence-electron chi connectivity index (χ1n) is 5.58. The van der Waals surface area contributed by atoms with E-state index in [2.05, 4.69) is 35.8 Å². The number of hydrogen-bond acceptors (Lipinski definition) is 1. The highest BCUT2D eigenvalue weighted by atomic mass is 35.5. The van der Waals surface area contributed by atoms with Gasteiger partial charge in [0.25, 0.3) is 0 Å². The van der Waals surface area contributed by atoms with Gasteiger partial charge in [0.2, 0.25) is 0 Å². The first kappa shape index (κ1) is 13.5. The van der Waals surface area contributed by atoms with E-state index in [0.717, 1.165) is 25.1 Å². The van der Waals surface area contributed by atoms with Gasteiger partial charge in [-0.2, -0.15) is 0 Å². The molecular weight excluding hydrogens is 232 g/mol. The highest BCUT2D eigenvalue weighted by molar-refractivity contribution is 5.85. The van der Waals surface area contributed by atoms with E-state index in [9.17, 15) is 0 Å². The summed E-state index contributed by atoms with van der Waals surface area (Å²) in [6.07, 6.45) is 8.77. The van der Waals surface area contributed by atoms with E-state index in [1.807, 2.05) is 23.0 Å². The minimum atomic E-state index is 0. The Morgan fingerprint density at radius 1 is 1.18 bits per heavy atom. The lowest BCUT2D eigenvalue weighted by atomic mass is 10.1. The molecule has 1 heterocycles. The molecule has 0 aliphatic heterocycles. The van der Waals surface area contributed by atoms with Crippen molar-refractivity contribution in [1.29, 1.82) is 0 Å². The van der Waals surface area contributed by atoms with E-state index >= 15 is 0 Å². The van der Waals surface area contributed by atoms with E-state index in [1.165, 1.54) is 5.56 Å². The molecule has 0 amide bonds. The lowest BCUT2D eigenvalue weighted by molar-refractivity contribution is 0.765. The summed E-state index contributed by atoms with van der Waals surface area (Å²) >= 11 is 0. The molecule has 90 valence electrons. The van der Waals surface area contributed by atoms with Crippen molar-refractivity contribution >= 4 is 18.6 Å². The van der Waals surface area contributed by atoms with E-state index in [-0.39, 0.29) is 12.4 Å². The summed E-state index contributed by atoms with van der Waals surface area (Å²) in [4.78, 5) is 4.31. The lowest BCUT2D eigenvalue weighted by Crippen LogP contribution is -1.97. The Bertz CT molecular complexity index is 448. The molecule has 2 nitrogen and oxygen atoms in total. The van der Waals surface area contributed by atoms with Crippen LogP contribution < -0.4 is 0 Å². The van der Waals surface area contributed by atoms with Gasteiger partial charge in [-0.15, -0.1) is 12.4 Å². The Morgan fingerprint density at radius 3 is 2.65 bits per heavy atom. The summed E-state index contributed by atoms with van der Waals surface area (Å²) in [7, 11) is 0. The van der Waals surface area contributed by atoms with Crippen molar-refractivity contribution in [3.8, 4) is 0 Å². The summed E-state index contributed by atoms with van der Waals surface area (Å²) in [5, 5.41) is 0. The smallest absolute Gasteiger partial charge is 0.112 e. The van der Waals surface area contributed by atoms with Crippen LogP contribution >= 0.6 is 12.4 Å². The molecule has 0 atom stereocenters. The van der Waals surface area contributed by atoms with Gasteiger partial charge in [-0.05, 0) is 18.4 Å². The predicted octanol–water partition coefficient (Wildman–Crippen LogP) is 3.58. The minimum absolute atomic E-state index is 0. The second kappa shape index (κ2) is 6.92. The van der Waals surface area contributed by atoms with Crippen LogP contribution in [0.2, 0.25) is 0 Å². The zero-order chi connectivity index (χ0) is 11.2. The van der Waals surface area contributed by atoms with E-state index in [0.29, 0.717) is 0 Å². The fourth-order valence-corrected chi connectivity index (χ4v) is 1.80. The second-order valence-electron chi connectivity index (χ2n) is 3.77. The number of aryl methyl sites for hydroxylation is 2. The molecule has 0 saturated heterocycles. The molecule has 1 aromatic heterocycles. The Balaban J connectivity index is 0.00000144. The van der Waals surface area contributed by atoms with Gasteiger partial charge in [0.1, 0.15) is 5.82 Å². The molecule has 0 saturated carbocycles. The third-order valence-electron chi connectivity index (χ3n) is 2.65. The van der Waals surface area contributed by atoms with Crippen LogP contribution in [0.3, 0.4) is 0 Å². The van der Waals surface area contributed by atoms with Crippen molar-refractivity contribution in [2.24, 2.45) is 0 Å². The minimum Gasteiger partial charge on any atom is -0.311 e. The van der Waals surface area contributed by atoms with Gasteiger partial charge in [-0.25, -0.2) is 4.98 Å². The van der Waals surface area contributed by atoms with Crippen molar-refractivity contribution in [3.63, 3.8) is 0 Å². The molecule has 1 aromatic carbocycles. The van der Waals surface area contributed by atoms with Gasteiger partial charge < -0.3 is 4.57 Å². The summed E-state index contributed by atoms with van der Waals surface area (Å²) < 4.78 is 1.98. The molecule has 0 unspecified atom stereocenters. The van der Waals surface area contributed by atoms with Gasteiger partial charge in [0.05, 0.1) is 0 Å². The number of rotatable bonds is 5. The molecule has 0 aliphatic rings. The van der Waals surface area contributed by atoms with Gasteiger partial charge in [-0.3, -0.25) is 0 Å². The number of benzene rings is 1. The number of aromatic nitrogens is 2. The number of halogens is 1. The van der Waals surface area contributed by atoms with Crippen molar-refractivity contribution in [1.82, 2.24) is 9.55 Å². The van der Waals surface area contributed by atoms with Crippen LogP contribution in [0.25, 0.3) is 6.20 Å². The molecule has 2 aromatic rings. The highest BCUT2D eigenvalue weighted by Crippen LogP contribution is 2.07. The van der Waals surface area contributed by atoms with Crippen LogP contribution in [0.15, 0.2) is 49.3 Å². The SMILES string of the molecule is C=Cn1ccnc1CCCc1ccccc1.Cl. The Morgan fingerprint density at radius 2 is 1.94 bits per heavy atom. The second-order valence-corrected chi connectivity index (χ2v) is 3.77. The first-order chi connectivity index (χ1) is 7.90. The molecule has 0 N–H and O–H groups in total. The van der Waals surface area contributed by atoms with Gasteiger partial charge in [0.15, 0.2) is 0 Å². The van der Waals surface area contributed by atoms with E-state index in [1.54, 1.807) is 6.20 Å². The van der Waals surface area contributed by atoms with Crippen molar-refractivity contribution in [3.05, 3.63) is 60.7 Å². The van der Waals surface area contributed by atoms with Crippen molar-refractivity contribution in [2.45, 2.75) is 19.3 Å². The predicted molar refractivity (Wildman–Crippen MR) is 74.3 cm³/mol. The summed E-state index contributed by atoms with van der Waals surface area (Å²) in [6, 6.07) is 10.5. The molecule has 2 rings (SSSR count). The van der Waals surface area contributed by atoms with Crippen LogP contribution in [-0.2, 0) is 12.8 Å². The number of nitrogens with zero attached hydrogens (tertiary/aromatic N) is 2. The van der Waals surface area contributed by atoms with E-state index in [4.69, 9.17) is 0 Å². The summed E-state index contributed by atoms with van der Waals surface area (Å²) in [6.45, 7) is 3.75. The zero-order valence-electron chi connectivity index (χ0n) is 9.75. The van der Waals surface area contributed by atoms with Crippen LogP contribution in [0, 0.1) is 0 Å². The molecule has 0 radical (unpaired) electrons. The van der Waals surface area contributed by atoms with E-state index < -0.39 is 0 Å². The fraction of sp³-hybridized carbons (Fsp3) is 0.214. The normalized spacial score (nSPS) is 9.65. The quantitative estimate of drug-likeness (QED) is 0.791. The molecule has 0 spiro atoms. The largest absolute Gasteiger partial charge is 0.311 e. The topological polar surface area (TPSA) is 17.8 Å². The van der Waals surface area contributed by atoms with Crippen molar-refractivity contribution < 1.29 is 0 Å². The van der Waals surface area contributed by atoms with Crippen LogP contribution in [0.5, 0.6) is 0 Å². The number of imidazole rings is 1. The average Bonchev–Trinajstić information content (AvgIpc) is 2.78. The maximum Gasteiger partial charge on any atom is 0.112 e. The van der Waals surface area contributed by atoms with Gasteiger partial charge >= 0.3 is 0 Å². The summed E-state index contributed by atoms with van der Waals surface area (Å²) in [5.41, 5.74) is 1.39. The Kier molecular flexibility index (Phi) is 5.50. The van der Waals surface area contributed by atoms with Gasteiger partial charge in [0, 0.05) is 25.0 Å². The third kappa shape index (κ3) is 3.75. The lowest BCUT2D eigenvalue weighted by Gasteiger charge is -2.02.